The van der Waals surface area contributed by atoms with E-state index in [0.717, 1.165) is 5.56 Å². The summed E-state index contributed by atoms with van der Waals surface area (Å²) in [5.41, 5.74) is 1.83. The number of anilines is 2. The number of halogens is 2. The molecule has 2 N–H and O–H groups in total. The van der Waals surface area contributed by atoms with Gasteiger partial charge in [-0.25, -0.2) is 9.97 Å². The van der Waals surface area contributed by atoms with Gasteiger partial charge >= 0.3 is 0 Å². The lowest BCUT2D eigenvalue weighted by molar-refractivity contribution is 0.0946. The predicted octanol–water partition coefficient (Wildman–Crippen LogP) is 3.85. The van der Waals surface area contributed by atoms with Crippen LogP contribution in [-0.4, -0.2) is 20.9 Å². The molecule has 0 aliphatic carbocycles. The lowest BCUT2D eigenvalue weighted by atomic mass is 10.2. The van der Waals surface area contributed by atoms with Crippen molar-refractivity contribution in [2.45, 2.75) is 6.54 Å². The molecule has 1 aromatic carbocycles. The van der Waals surface area contributed by atoms with Crippen LogP contribution in [0.5, 0.6) is 0 Å². The molecule has 0 aliphatic rings. The highest BCUT2D eigenvalue weighted by atomic mass is 35.5. The third-order valence-electron chi connectivity index (χ3n) is 3.21. The van der Waals surface area contributed by atoms with Gasteiger partial charge in [-0.05, 0) is 42.0 Å². The van der Waals surface area contributed by atoms with E-state index in [0.29, 0.717) is 22.3 Å². The van der Waals surface area contributed by atoms with Crippen LogP contribution in [-0.2, 0) is 6.54 Å². The highest BCUT2D eigenvalue weighted by Crippen LogP contribution is 2.24. The lowest BCUT2D eigenvalue weighted by Crippen LogP contribution is -2.24. The maximum absolute atomic E-state index is 12.2. The topological polar surface area (TPSA) is 79.8 Å². The Kier molecular flexibility index (Phi) is 5.42. The van der Waals surface area contributed by atoms with Crippen molar-refractivity contribution in [3.05, 3.63) is 76.3 Å². The van der Waals surface area contributed by atoms with Crippen LogP contribution in [0, 0.1) is 0 Å². The molecule has 126 valence electrons. The van der Waals surface area contributed by atoms with E-state index < -0.39 is 0 Å². The molecule has 0 spiro atoms. The van der Waals surface area contributed by atoms with Gasteiger partial charge in [-0.3, -0.25) is 9.78 Å². The number of amides is 1. The Balaban J connectivity index is 1.69. The maximum atomic E-state index is 12.2. The monoisotopic (exact) mass is 373 g/mol. The second kappa shape index (κ2) is 7.92. The number of rotatable bonds is 5. The van der Waals surface area contributed by atoms with Crippen LogP contribution in [0.15, 0.2) is 55.0 Å². The molecule has 1 amide bonds. The minimum absolute atomic E-state index is 0.250. The summed E-state index contributed by atoms with van der Waals surface area (Å²) < 4.78 is 0. The minimum Gasteiger partial charge on any atom is -0.347 e. The van der Waals surface area contributed by atoms with Crippen molar-refractivity contribution >= 4 is 40.7 Å². The first-order valence-electron chi connectivity index (χ1n) is 7.33. The zero-order chi connectivity index (χ0) is 17.6. The highest BCUT2D eigenvalue weighted by molar-refractivity contribution is 6.35. The Morgan fingerprint density at radius 1 is 1.00 bits per heavy atom. The summed E-state index contributed by atoms with van der Waals surface area (Å²) in [5, 5.41) is 6.75. The fourth-order valence-electron chi connectivity index (χ4n) is 2.07. The Morgan fingerprint density at radius 3 is 2.44 bits per heavy atom. The predicted molar refractivity (Wildman–Crippen MR) is 97.2 cm³/mol. The van der Waals surface area contributed by atoms with Gasteiger partial charge in [0.1, 0.15) is 5.69 Å². The molecule has 0 unspecified atom stereocenters. The van der Waals surface area contributed by atoms with E-state index in [9.17, 15) is 4.79 Å². The average Bonchev–Trinajstić information content (AvgIpc) is 2.60. The second-order valence-corrected chi connectivity index (χ2v) is 5.96. The van der Waals surface area contributed by atoms with Gasteiger partial charge in [-0.15, -0.1) is 0 Å². The molecular formula is C17H13Cl2N5O. The molecule has 25 heavy (non-hydrogen) atoms. The van der Waals surface area contributed by atoms with Crippen LogP contribution >= 0.6 is 23.2 Å². The number of benzene rings is 1. The smallest absolute Gasteiger partial charge is 0.270 e. The molecule has 2 heterocycles. The Bertz CT molecular complexity index is 869. The van der Waals surface area contributed by atoms with Crippen molar-refractivity contribution in [3.8, 4) is 0 Å². The number of nitrogens with one attached hydrogen (secondary N) is 2. The first-order chi connectivity index (χ1) is 12.1. The van der Waals surface area contributed by atoms with E-state index in [2.05, 4.69) is 25.6 Å². The standard InChI is InChI=1S/C17H13Cl2N5O/c18-12-7-13(19)9-14(8-12)23-17-21-6-3-15(24-17)16(25)22-10-11-1-4-20-5-2-11/h1-9H,10H2,(H,22,25)(H,21,23,24). The summed E-state index contributed by atoms with van der Waals surface area (Å²) in [6.07, 6.45) is 4.84. The van der Waals surface area contributed by atoms with E-state index in [1.54, 1.807) is 30.6 Å². The lowest BCUT2D eigenvalue weighted by Gasteiger charge is -2.08. The molecule has 6 nitrogen and oxygen atoms in total. The number of hydrogen-bond acceptors (Lipinski definition) is 5. The molecule has 0 bridgehead atoms. The highest BCUT2D eigenvalue weighted by Gasteiger charge is 2.09. The molecule has 3 aromatic rings. The fraction of sp³-hybridized carbons (Fsp3) is 0.0588. The first kappa shape index (κ1) is 17.1. The summed E-state index contributed by atoms with van der Waals surface area (Å²) in [5.74, 6) is -0.0266. The summed E-state index contributed by atoms with van der Waals surface area (Å²) in [6.45, 7) is 0.387. The molecular weight excluding hydrogens is 361 g/mol. The number of aromatic nitrogens is 3. The Morgan fingerprint density at radius 2 is 1.72 bits per heavy atom. The van der Waals surface area contributed by atoms with Crippen molar-refractivity contribution in [1.29, 1.82) is 0 Å². The molecule has 0 fully saturated rings. The van der Waals surface area contributed by atoms with Gasteiger partial charge in [-0.2, -0.15) is 0 Å². The zero-order valence-corrected chi connectivity index (χ0v) is 14.4. The van der Waals surface area contributed by atoms with Crippen LogP contribution in [0.25, 0.3) is 0 Å². The van der Waals surface area contributed by atoms with Crippen molar-refractivity contribution in [1.82, 2.24) is 20.3 Å². The van der Waals surface area contributed by atoms with Gasteiger partial charge in [0.05, 0.1) is 0 Å². The minimum atomic E-state index is -0.300. The summed E-state index contributed by atoms with van der Waals surface area (Å²) in [7, 11) is 0. The Labute approximate surface area is 154 Å². The first-order valence-corrected chi connectivity index (χ1v) is 8.09. The van der Waals surface area contributed by atoms with Gasteiger partial charge in [0, 0.05) is 40.9 Å². The van der Waals surface area contributed by atoms with Crippen LogP contribution < -0.4 is 10.6 Å². The van der Waals surface area contributed by atoms with Crippen LogP contribution in [0.1, 0.15) is 16.1 Å². The maximum Gasteiger partial charge on any atom is 0.270 e. The van der Waals surface area contributed by atoms with Gasteiger partial charge < -0.3 is 10.6 Å². The third kappa shape index (κ3) is 4.89. The van der Waals surface area contributed by atoms with E-state index in [1.165, 1.54) is 12.3 Å². The molecule has 0 radical (unpaired) electrons. The van der Waals surface area contributed by atoms with Gasteiger partial charge in [0.25, 0.3) is 5.91 Å². The van der Waals surface area contributed by atoms with Crippen molar-refractivity contribution in [2.24, 2.45) is 0 Å². The average molecular weight is 374 g/mol. The normalized spacial score (nSPS) is 10.3. The van der Waals surface area contributed by atoms with Crippen molar-refractivity contribution < 1.29 is 4.79 Å². The summed E-state index contributed by atoms with van der Waals surface area (Å²) >= 11 is 11.9. The zero-order valence-electron chi connectivity index (χ0n) is 12.9. The van der Waals surface area contributed by atoms with Gasteiger partial charge in [-0.1, -0.05) is 23.2 Å². The number of carbonyl (C=O) groups is 1. The molecule has 0 saturated heterocycles. The van der Waals surface area contributed by atoms with Gasteiger partial charge in [0.2, 0.25) is 5.95 Å². The largest absolute Gasteiger partial charge is 0.347 e. The van der Waals surface area contributed by atoms with Crippen molar-refractivity contribution in [2.75, 3.05) is 5.32 Å². The number of carbonyl (C=O) groups excluding carboxylic acids is 1. The van der Waals surface area contributed by atoms with E-state index in [4.69, 9.17) is 23.2 Å². The summed E-state index contributed by atoms with van der Waals surface area (Å²) in [6, 6.07) is 10.2. The van der Waals surface area contributed by atoms with Crippen molar-refractivity contribution in [3.63, 3.8) is 0 Å². The van der Waals surface area contributed by atoms with E-state index in [-0.39, 0.29) is 17.5 Å². The van der Waals surface area contributed by atoms with Crippen LogP contribution in [0.3, 0.4) is 0 Å². The quantitative estimate of drug-likeness (QED) is 0.709. The molecule has 0 atom stereocenters. The SMILES string of the molecule is O=C(NCc1ccncc1)c1ccnc(Nc2cc(Cl)cc(Cl)c2)n1. The van der Waals surface area contributed by atoms with Gasteiger partial charge in [0.15, 0.2) is 0 Å². The van der Waals surface area contributed by atoms with Crippen LogP contribution in [0.4, 0.5) is 11.6 Å². The Hall–Kier alpha value is -2.70. The number of nitrogens with zero attached hydrogens (tertiary/aromatic N) is 3. The number of hydrogen-bond donors (Lipinski definition) is 2. The second-order valence-electron chi connectivity index (χ2n) is 5.09. The molecule has 0 saturated carbocycles. The molecule has 3 rings (SSSR count). The molecule has 8 heteroatoms. The van der Waals surface area contributed by atoms with E-state index in [1.807, 2.05) is 12.1 Å². The summed E-state index contributed by atoms with van der Waals surface area (Å²) in [4.78, 5) is 24.5. The van der Waals surface area contributed by atoms with Crippen LogP contribution in [0.2, 0.25) is 10.0 Å². The van der Waals surface area contributed by atoms with E-state index >= 15 is 0 Å². The molecule has 2 aromatic heterocycles. The number of pyridine rings is 1. The molecule has 0 aliphatic heterocycles. The fourth-order valence-corrected chi connectivity index (χ4v) is 2.60. The third-order valence-corrected chi connectivity index (χ3v) is 3.65.